The summed E-state index contributed by atoms with van der Waals surface area (Å²) in [6.07, 6.45) is 10.4. The summed E-state index contributed by atoms with van der Waals surface area (Å²) < 4.78 is 68.8. The van der Waals surface area contributed by atoms with Crippen LogP contribution < -0.4 is 10.2 Å². The number of sulfone groups is 1. The highest BCUT2D eigenvalue weighted by molar-refractivity contribution is 7.92. The minimum atomic E-state index is -4.91. The molecule has 13 heteroatoms. The zero-order chi connectivity index (χ0) is 36.7. The number of hydrogen-bond acceptors (Lipinski definition) is 7. The minimum absolute atomic E-state index is 0.110. The van der Waals surface area contributed by atoms with E-state index in [0.717, 1.165) is 49.3 Å². The van der Waals surface area contributed by atoms with E-state index in [1.165, 1.54) is 57.4 Å². The summed E-state index contributed by atoms with van der Waals surface area (Å²) in [5, 5.41) is 20.4. The van der Waals surface area contributed by atoms with Crippen LogP contribution in [0.5, 0.6) is 0 Å². The number of amides is 1. The molecule has 0 radical (unpaired) electrons. The predicted octanol–water partition coefficient (Wildman–Crippen LogP) is 7.34. The number of anilines is 1. The van der Waals surface area contributed by atoms with Crippen LogP contribution in [0.15, 0.2) is 23.1 Å². The molecule has 0 spiro atoms. The third-order valence-corrected chi connectivity index (χ3v) is 13.1. The first-order valence-electron chi connectivity index (χ1n) is 18.5. The molecule has 0 aromatic heterocycles. The van der Waals surface area contributed by atoms with Gasteiger partial charge in [-0.3, -0.25) is 10.1 Å². The van der Waals surface area contributed by atoms with Crippen LogP contribution in [0.4, 0.5) is 18.9 Å². The Morgan fingerprint density at radius 3 is 2.14 bits per heavy atom. The molecule has 0 bridgehead atoms. The van der Waals surface area contributed by atoms with E-state index in [1.54, 1.807) is 6.92 Å². The summed E-state index contributed by atoms with van der Waals surface area (Å²) in [7, 11) is -4.56. The first-order chi connectivity index (χ1) is 23.6. The van der Waals surface area contributed by atoms with Gasteiger partial charge in [0.1, 0.15) is 11.6 Å². The highest BCUT2D eigenvalue weighted by Gasteiger charge is 2.54. The normalized spacial score (nSPS) is 22.7. The van der Waals surface area contributed by atoms with E-state index in [4.69, 9.17) is 5.26 Å². The summed E-state index contributed by atoms with van der Waals surface area (Å²) in [6, 6.07) is 4.23. The second kappa shape index (κ2) is 16.7. The second-order valence-corrected chi connectivity index (χ2v) is 17.4. The van der Waals surface area contributed by atoms with Gasteiger partial charge in [-0.2, -0.15) is 18.4 Å². The lowest BCUT2D eigenvalue weighted by atomic mass is 9.98. The Kier molecular flexibility index (Phi) is 13.3. The van der Waals surface area contributed by atoms with E-state index in [-0.39, 0.29) is 5.54 Å². The van der Waals surface area contributed by atoms with Gasteiger partial charge in [-0.15, -0.1) is 0 Å². The van der Waals surface area contributed by atoms with E-state index in [0.29, 0.717) is 37.5 Å². The number of nitrogens with zero attached hydrogens (tertiary/aromatic N) is 3. The molecule has 2 saturated carbocycles. The fourth-order valence-electron chi connectivity index (χ4n) is 6.90. The Morgan fingerprint density at radius 1 is 1.02 bits per heavy atom. The number of carbonyl (C=O) groups excluding carboxylic acids is 1. The molecule has 5 rings (SSSR count). The van der Waals surface area contributed by atoms with Gasteiger partial charge < -0.3 is 14.9 Å². The molecule has 2 heterocycles. The van der Waals surface area contributed by atoms with E-state index >= 15 is 0 Å². The maximum Gasteiger partial charge on any atom is 0.417 e. The van der Waals surface area contributed by atoms with Crippen LogP contribution in [0.2, 0.25) is 0 Å². The summed E-state index contributed by atoms with van der Waals surface area (Å²) in [5.41, 5.74) is -1.78. The molecule has 2 aliphatic heterocycles. The number of piperidine rings is 1. The number of nitrogens with one attached hydrogen (secondary N) is 1. The molecule has 4 fully saturated rings. The van der Waals surface area contributed by atoms with Gasteiger partial charge in [0.05, 0.1) is 21.8 Å². The average Bonchev–Trinajstić information content (AvgIpc) is 3.99. The van der Waals surface area contributed by atoms with Gasteiger partial charge in [-0.05, 0) is 82.0 Å². The Bertz CT molecular complexity index is 1480. The third-order valence-electron chi connectivity index (χ3n) is 10.9. The van der Waals surface area contributed by atoms with E-state index < -0.39 is 68.0 Å². The highest BCUT2D eigenvalue weighted by Crippen LogP contribution is 2.48. The van der Waals surface area contributed by atoms with Crippen molar-refractivity contribution in [3.63, 3.8) is 0 Å². The fraction of sp³-hybridized carbons (Fsp3) is 0.757. The van der Waals surface area contributed by atoms with Gasteiger partial charge in [0.2, 0.25) is 5.91 Å². The number of likely N-dealkylation sites (tertiary alicyclic amines) is 1. The van der Waals surface area contributed by atoms with Crippen LogP contribution in [0, 0.1) is 22.7 Å². The summed E-state index contributed by atoms with van der Waals surface area (Å²) in [5.74, 6) is -1.34. The lowest BCUT2D eigenvalue weighted by Crippen LogP contribution is -2.44. The van der Waals surface area contributed by atoms with Crippen LogP contribution in [0.1, 0.15) is 123 Å². The zero-order valence-electron chi connectivity index (χ0n) is 29.9. The zero-order valence-corrected chi connectivity index (χ0v) is 30.7. The molecule has 9 nitrogen and oxygen atoms in total. The van der Waals surface area contributed by atoms with Crippen molar-refractivity contribution < 1.29 is 36.3 Å². The topological polar surface area (TPSA) is 131 Å². The van der Waals surface area contributed by atoms with Gasteiger partial charge in [-0.25, -0.2) is 13.2 Å². The monoisotopic (exact) mass is 724 g/mol. The van der Waals surface area contributed by atoms with Gasteiger partial charge in [0.15, 0.2) is 9.84 Å². The number of halogens is 3. The van der Waals surface area contributed by atoms with Crippen LogP contribution in [-0.2, 0) is 25.6 Å². The molecule has 2 N–H and O–H groups in total. The minimum Gasteiger partial charge on any atom is -0.480 e. The molecule has 1 amide bonds. The number of unbranched alkanes of at least 4 members (excludes halogenated alkanes) is 7. The number of carboxylic acids is 1. The first-order valence-corrected chi connectivity index (χ1v) is 20.0. The van der Waals surface area contributed by atoms with Crippen molar-refractivity contribution in [2.24, 2.45) is 11.3 Å². The summed E-state index contributed by atoms with van der Waals surface area (Å²) in [4.78, 5) is 26.5. The average molecular weight is 725 g/mol. The molecule has 2 atom stereocenters. The molecule has 0 unspecified atom stereocenters. The molecule has 1 aromatic carbocycles. The number of hydrogen-bond donors (Lipinski definition) is 2. The molecule has 2 aliphatic carbocycles. The van der Waals surface area contributed by atoms with E-state index in [1.807, 2.05) is 4.90 Å². The number of rotatable bonds is 15. The molecule has 2 saturated heterocycles. The SMILES string of the molecule is CC1CCN(c2ccc(S(=O)(=O)[C@@H]3C[C@@H](C(=O)O)N(C(=O)C4(C)CC4)C3)c(C(F)(F)F)c2)CC1.CCCCCCCCCCNC1(C#N)CC1. The molecule has 280 valence electrons. The molecular weight excluding hydrogens is 669 g/mol. The number of nitriles is 1. The highest BCUT2D eigenvalue weighted by atomic mass is 32.2. The van der Waals surface area contributed by atoms with Crippen molar-refractivity contribution in [1.82, 2.24) is 10.2 Å². The van der Waals surface area contributed by atoms with Crippen molar-refractivity contribution in [1.29, 1.82) is 5.26 Å². The quantitative estimate of drug-likeness (QED) is 0.180. The Morgan fingerprint density at radius 2 is 1.62 bits per heavy atom. The summed E-state index contributed by atoms with van der Waals surface area (Å²) >= 11 is 0. The van der Waals surface area contributed by atoms with Gasteiger partial charge >= 0.3 is 12.1 Å². The third kappa shape index (κ3) is 10.1. The fourth-order valence-corrected chi connectivity index (χ4v) is 8.79. The maximum atomic E-state index is 14.0. The van der Waals surface area contributed by atoms with Gasteiger partial charge in [0.25, 0.3) is 0 Å². The second-order valence-electron chi connectivity index (χ2n) is 15.2. The summed E-state index contributed by atoms with van der Waals surface area (Å²) in [6.45, 7) is 7.79. The first kappa shape index (κ1) is 39.9. The van der Waals surface area contributed by atoms with Crippen molar-refractivity contribution in [2.45, 2.75) is 145 Å². The lowest BCUT2D eigenvalue weighted by Gasteiger charge is -2.32. The smallest absolute Gasteiger partial charge is 0.417 e. The number of benzene rings is 1. The van der Waals surface area contributed by atoms with Gasteiger partial charge in [0, 0.05) is 30.7 Å². The van der Waals surface area contributed by atoms with Gasteiger partial charge in [-0.1, -0.05) is 65.7 Å². The van der Waals surface area contributed by atoms with Crippen LogP contribution in [0.25, 0.3) is 0 Å². The van der Waals surface area contributed by atoms with Crippen molar-refractivity contribution in [3.8, 4) is 6.07 Å². The van der Waals surface area contributed by atoms with E-state index in [2.05, 4.69) is 25.2 Å². The van der Waals surface area contributed by atoms with Crippen molar-refractivity contribution in [2.75, 3.05) is 31.1 Å². The molecular formula is C37H55F3N4O5S. The van der Waals surface area contributed by atoms with Crippen LogP contribution >= 0.6 is 0 Å². The van der Waals surface area contributed by atoms with Crippen LogP contribution in [-0.4, -0.2) is 73.3 Å². The number of aliphatic carboxylic acids is 1. The molecule has 4 aliphatic rings. The van der Waals surface area contributed by atoms with Crippen molar-refractivity contribution in [3.05, 3.63) is 23.8 Å². The standard InChI is InChI=1S/C23H29F3N2O5S.C14H26N2/c1-14-5-9-27(10-6-14)15-3-4-19(17(11-15)23(24,25)26)34(32,33)16-12-18(20(29)30)28(13-16)21(31)22(2)7-8-22;1-2-3-4-5-6-7-8-9-12-16-14(13-15)10-11-14/h3-4,11,14,16,18H,5-10,12-13H2,1-2H3,(H,29,30);16H,2-12H2,1H3/t16-,18+;/m1./s1. The maximum absolute atomic E-state index is 14.0. The Hall–Kier alpha value is -2.85. The predicted molar refractivity (Wildman–Crippen MR) is 186 cm³/mol. The number of carbonyl (C=O) groups is 2. The van der Waals surface area contributed by atoms with Crippen molar-refractivity contribution >= 4 is 27.4 Å². The molecule has 1 aromatic rings. The largest absolute Gasteiger partial charge is 0.480 e. The van der Waals surface area contributed by atoms with Crippen LogP contribution in [0.3, 0.4) is 0 Å². The Labute approximate surface area is 295 Å². The van der Waals surface area contributed by atoms with E-state index in [9.17, 15) is 36.3 Å². The number of carboxylic acid groups (broad SMARTS) is 1. The number of alkyl halides is 3. The lowest BCUT2D eigenvalue weighted by molar-refractivity contribution is -0.150. The molecule has 50 heavy (non-hydrogen) atoms. The Balaban J connectivity index is 0.000000295.